The molecule has 0 unspecified atom stereocenters. The summed E-state index contributed by atoms with van der Waals surface area (Å²) in [6.45, 7) is -0.236. The average Bonchev–Trinajstić information content (AvgIpc) is 3.28. The van der Waals surface area contributed by atoms with E-state index in [2.05, 4.69) is 15.9 Å². The molecule has 0 spiro atoms. The van der Waals surface area contributed by atoms with Crippen LogP contribution in [-0.4, -0.2) is 31.3 Å². The molecule has 5 nitrogen and oxygen atoms in total. The Kier molecular flexibility index (Phi) is 4.27. The normalized spacial score (nSPS) is 26.1. The highest BCUT2D eigenvalue weighted by molar-refractivity contribution is 9.10. The van der Waals surface area contributed by atoms with E-state index in [4.69, 9.17) is 5.73 Å². The number of benzene rings is 2. The van der Waals surface area contributed by atoms with Gasteiger partial charge >= 0.3 is 5.97 Å². The number of carbonyl (C=O) groups is 1. The van der Waals surface area contributed by atoms with Crippen molar-refractivity contribution in [2.45, 2.75) is 16.1 Å². The monoisotopic (exact) mass is 409 g/mol. The van der Waals surface area contributed by atoms with Crippen molar-refractivity contribution < 1.29 is 18.3 Å². The molecule has 0 aromatic heterocycles. The van der Waals surface area contributed by atoms with E-state index in [1.54, 1.807) is 42.5 Å². The smallest absolute Gasteiger partial charge is 0.312 e. The molecule has 2 aromatic rings. The summed E-state index contributed by atoms with van der Waals surface area (Å²) < 4.78 is 26.8. The Labute approximate surface area is 148 Å². The lowest BCUT2D eigenvalue weighted by Gasteiger charge is -2.10. The van der Waals surface area contributed by atoms with Crippen molar-refractivity contribution in [1.82, 2.24) is 0 Å². The molecular formula is C17H16BrNO4S. The number of nitrogens with two attached hydrogens (primary N) is 1. The third kappa shape index (κ3) is 2.47. The van der Waals surface area contributed by atoms with E-state index >= 15 is 0 Å². The molecule has 1 saturated carbocycles. The number of hydrogen-bond acceptors (Lipinski definition) is 4. The second-order valence-electron chi connectivity index (χ2n) is 5.86. The third-order valence-corrected chi connectivity index (χ3v) is 7.45. The zero-order valence-electron chi connectivity index (χ0n) is 12.6. The van der Waals surface area contributed by atoms with Crippen molar-refractivity contribution in [3.05, 3.63) is 64.6 Å². The second kappa shape index (κ2) is 5.98. The van der Waals surface area contributed by atoms with E-state index in [0.717, 1.165) is 4.47 Å². The molecule has 0 radical (unpaired) electrons. The van der Waals surface area contributed by atoms with Gasteiger partial charge in [-0.1, -0.05) is 46.3 Å². The summed E-state index contributed by atoms with van der Waals surface area (Å²) in [5, 5.41) is 8.64. The van der Waals surface area contributed by atoms with Gasteiger partial charge in [-0.05, 0) is 29.8 Å². The maximum Gasteiger partial charge on any atom is 0.312 e. The van der Waals surface area contributed by atoms with Gasteiger partial charge in [-0.25, -0.2) is 8.42 Å². The number of carboxylic acids is 1. The molecule has 0 aliphatic heterocycles. The van der Waals surface area contributed by atoms with Crippen LogP contribution in [0.5, 0.6) is 0 Å². The van der Waals surface area contributed by atoms with Crippen molar-refractivity contribution in [2.75, 3.05) is 6.54 Å². The zero-order valence-corrected chi connectivity index (χ0v) is 15.0. The largest absolute Gasteiger partial charge is 0.481 e. The minimum atomic E-state index is -3.81. The maximum absolute atomic E-state index is 13.0. The first-order valence-corrected chi connectivity index (χ1v) is 9.67. The van der Waals surface area contributed by atoms with Crippen LogP contribution in [0.1, 0.15) is 11.5 Å². The van der Waals surface area contributed by atoms with E-state index in [1.165, 1.54) is 12.1 Å². The molecule has 3 rings (SSSR count). The molecule has 3 N–H and O–H groups in total. The van der Waals surface area contributed by atoms with Gasteiger partial charge in [0.1, 0.15) is 5.41 Å². The van der Waals surface area contributed by atoms with Gasteiger partial charge in [0.05, 0.1) is 10.1 Å². The Balaban J connectivity index is 2.11. The topological polar surface area (TPSA) is 97.5 Å². The van der Waals surface area contributed by atoms with Gasteiger partial charge in [0, 0.05) is 16.9 Å². The van der Waals surface area contributed by atoms with Crippen LogP contribution in [0.25, 0.3) is 0 Å². The summed E-state index contributed by atoms with van der Waals surface area (Å²) in [6, 6.07) is 14.9. The number of sulfone groups is 1. The lowest BCUT2D eigenvalue weighted by Crippen LogP contribution is -2.31. The fraction of sp³-hybridized carbons (Fsp3) is 0.235. The van der Waals surface area contributed by atoms with E-state index in [0.29, 0.717) is 5.56 Å². The lowest BCUT2D eigenvalue weighted by atomic mass is 9.99. The lowest BCUT2D eigenvalue weighted by molar-refractivity contribution is -0.143. The standard InChI is InChI=1S/C17H16BrNO4S/c18-12-8-6-11(7-9-12)14-15(17(14,10-19)16(20)21)24(22,23)13-4-2-1-3-5-13/h1-9,14-15H,10,19H2,(H,20,21)/t14-,15+,17-/m1/s1. The fourth-order valence-corrected chi connectivity index (χ4v) is 6.02. The number of aliphatic carboxylic acids is 1. The fourth-order valence-electron chi connectivity index (χ4n) is 3.35. The highest BCUT2D eigenvalue weighted by Crippen LogP contribution is 2.63. The molecule has 2 aromatic carbocycles. The molecule has 0 heterocycles. The number of carboxylic acid groups (broad SMARTS) is 1. The Morgan fingerprint density at radius 1 is 1.12 bits per heavy atom. The highest BCUT2D eigenvalue weighted by atomic mass is 79.9. The Morgan fingerprint density at radius 3 is 2.21 bits per heavy atom. The molecule has 0 bridgehead atoms. The molecule has 3 atom stereocenters. The number of rotatable bonds is 5. The van der Waals surface area contributed by atoms with E-state index in [9.17, 15) is 18.3 Å². The molecule has 126 valence electrons. The predicted octanol–water partition coefficient (Wildman–Crippen LogP) is 2.42. The first-order chi connectivity index (χ1) is 11.4. The molecule has 24 heavy (non-hydrogen) atoms. The van der Waals surface area contributed by atoms with Crippen LogP contribution in [0.4, 0.5) is 0 Å². The van der Waals surface area contributed by atoms with E-state index in [1.807, 2.05) is 0 Å². The van der Waals surface area contributed by atoms with Crippen LogP contribution in [0.15, 0.2) is 64.0 Å². The SMILES string of the molecule is NC[C@@]1(C(=O)O)[C@H](c2ccc(Br)cc2)[C@@H]1S(=O)(=O)c1ccccc1. The van der Waals surface area contributed by atoms with Gasteiger partial charge in [0.2, 0.25) is 0 Å². The zero-order chi connectivity index (χ0) is 17.5. The third-order valence-electron chi connectivity index (χ3n) is 4.63. The van der Waals surface area contributed by atoms with Gasteiger partial charge in [-0.3, -0.25) is 4.79 Å². The summed E-state index contributed by atoms with van der Waals surface area (Å²) in [6.07, 6.45) is 0. The summed E-state index contributed by atoms with van der Waals surface area (Å²) >= 11 is 3.32. The maximum atomic E-state index is 13.0. The van der Waals surface area contributed by atoms with Crippen LogP contribution >= 0.6 is 15.9 Å². The quantitative estimate of drug-likeness (QED) is 0.789. The second-order valence-corrected chi connectivity index (χ2v) is 8.84. The van der Waals surface area contributed by atoms with Gasteiger partial charge in [0.15, 0.2) is 9.84 Å². The Hall–Kier alpha value is -1.70. The van der Waals surface area contributed by atoms with Crippen LogP contribution in [0.2, 0.25) is 0 Å². The molecule has 1 aliphatic carbocycles. The summed E-state index contributed by atoms with van der Waals surface area (Å²) in [7, 11) is -3.81. The summed E-state index contributed by atoms with van der Waals surface area (Å²) in [5.74, 6) is -1.85. The molecule has 1 aliphatic rings. The molecule has 1 fully saturated rings. The van der Waals surface area contributed by atoms with Crippen LogP contribution in [0.3, 0.4) is 0 Å². The Bertz CT molecular complexity index is 867. The van der Waals surface area contributed by atoms with Gasteiger partial charge in [-0.15, -0.1) is 0 Å². The molecular weight excluding hydrogens is 394 g/mol. The summed E-state index contributed by atoms with van der Waals surface area (Å²) in [4.78, 5) is 12.0. The van der Waals surface area contributed by atoms with Crippen molar-refractivity contribution in [2.24, 2.45) is 11.1 Å². The van der Waals surface area contributed by atoms with Gasteiger partial charge in [0.25, 0.3) is 0 Å². The number of hydrogen-bond donors (Lipinski definition) is 2. The molecule has 0 amide bonds. The first-order valence-electron chi connectivity index (χ1n) is 7.33. The molecule has 0 saturated heterocycles. The van der Waals surface area contributed by atoms with Crippen molar-refractivity contribution in [3.63, 3.8) is 0 Å². The van der Waals surface area contributed by atoms with Crippen LogP contribution < -0.4 is 5.73 Å². The van der Waals surface area contributed by atoms with E-state index in [-0.39, 0.29) is 11.4 Å². The minimum absolute atomic E-state index is 0.119. The van der Waals surface area contributed by atoms with Crippen LogP contribution in [-0.2, 0) is 14.6 Å². The first kappa shape index (κ1) is 17.1. The Morgan fingerprint density at radius 2 is 1.71 bits per heavy atom. The van der Waals surface area contributed by atoms with Gasteiger partial charge < -0.3 is 10.8 Å². The molecule has 7 heteroatoms. The van der Waals surface area contributed by atoms with Crippen molar-refractivity contribution >= 4 is 31.7 Å². The highest BCUT2D eigenvalue weighted by Gasteiger charge is 2.75. The average molecular weight is 410 g/mol. The van der Waals surface area contributed by atoms with Gasteiger partial charge in [-0.2, -0.15) is 0 Å². The number of halogens is 1. The predicted molar refractivity (Wildman–Crippen MR) is 93.4 cm³/mol. The summed E-state index contributed by atoms with van der Waals surface area (Å²) in [5.41, 5.74) is 4.90. The van der Waals surface area contributed by atoms with E-state index < -0.39 is 32.4 Å². The van der Waals surface area contributed by atoms with Crippen molar-refractivity contribution in [1.29, 1.82) is 0 Å². The van der Waals surface area contributed by atoms with Crippen LogP contribution in [0, 0.1) is 5.41 Å². The van der Waals surface area contributed by atoms with Crippen molar-refractivity contribution in [3.8, 4) is 0 Å². The minimum Gasteiger partial charge on any atom is -0.481 e.